The number of amides is 1. The van der Waals surface area contributed by atoms with Crippen molar-refractivity contribution in [2.45, 2.75) is 0 Å². The maximum absolute atomic E-state index is 10.7. The molecule has 0 fully saturated rings. The summed E-state index contributed by atoms with van der Waals surface area (Å²) in [4.78, 5) is 21.8. The number of carbonyl (C=O) groups is 1. The molecular formula is C6H4N4O. The monoisotopic (exact) mass is 148 g/mol. The van der Waals surface area contributed by atoms with E-state index in [-0.39, 0.29) is 5.91 Å². The van der Waals surface area contributed by atoms with Crippen LogP contribution >= 0.6 is 0 Å². The zero-order valence-electron chi connectivity index (χ0n) is 5.48. The number of rotatable bonds is 0. The molecule has 54 valence electrons. The van der Waals surface area contributed by atoms with E-state index < -0.39 is 0 Å². The van der Waals surface area contributed by atoms with Crippen LogP contribution < -0.4 is 16.4 Å². The number of carbonyl (C=O) groups excluding carboxylic acids is 1. The minimum absolute atomic E-state index is 0.296. The molecule has 2 heterocycles. The first kappa shape index (κ1) is 5.96. The summed E-state index contributed by atoms with van der Waals surface area (Å²) in [6.07, 6.45) is 2.61. The van der Waals surface area contributed by atoms with Crippen LogP contribution in [0.3, 0.4) is 0 Å². The van der Waals surface area contributed by atoms with Crippen LogP contribution in [0.25, 0.3) is 6.08 Å². The van der Waals surface area contributed by atoms with Crippen molar-refractivity contribution in [2.24, 2.45) is 4.99 Å². The van der Waals surface area contributed by atoms with E-state index in [2.05, 4.69) is 15.0 Å². The van der Waals surface area contributed by atoms with Crippen LogP contribution in [0.5, 0.6) is 0 Å². The van der Waals surface area contributed by atoms with Gasteiger partial charge in [0, 0.05) is 6.08 Å². The fraction of sp³-hybridized carbons (Fsp3) is 0. The van der Waals surface area contributed by atoms with E-state index in [1.807, 2.05) is 0 Å². The van der Waals surface area contributed by atoms with Gasteiger partial charge in [0.2, 0.25) is 0 Å². The Balaban J connectivity index is 2.97. The Morgan fingerprint density at radius 3 is 2.91 bits per heavy atom. The predicted molar refractivity (Wildman–Crippen MR) is 36.7 cm³/mol. The summed E-state index contributed by atoms with van der Waals surface area (Å²) in [6, 6.07) is 0. The minimum Gasteiger partial charge on any atom is -0.383 e. The SMILES string of the molecule is Nc1ncnc2c1=CC(=O)N=2. The zero-order chi connectivity index (χ0) is 7.84. The van der Waals surface area contributed by atoms with Gasteiger partial charge in [-0.15, -0.1) is 0 Å². The van der Waals surface area contributed by atoms with Crippen LogP contribution in [0, 0.1) is 0 Å². The van der Waals surface area contributed by atoms with Crippen LogP contribution in [0.4, 0.5) is 5.82 Å². The lowest BCUT2D eigenvalue weighted by Crippen LogP contribution is -2.29. The first-order valence-corrected chi connectivity index (χ1v) is 2.98. The number of anilines is 1. The molecule has 0 saturated heterocycles. The highest BCUT2D eigenvalue weighted by molar-refractivity contribution is 6.06. The normalized spacial score (nSPS) is 13.6. The second-order valence-corrected chi connectivity index (χ2v) is 2.09. The molecule has 2 rings (SSSR count). The second-order valence-electron chi connectivity index (χ2n) is 2.09. The van der Waals surface area contributed by atoms with E-state index >= 15 is 0 Å². The maximum atomic E-state index is 10.7. The highest BCUT2D eigenvalue weighted by atomic mass is 16.1. The number of hydrogen-bond acceptors (Lipinski definition) is 4. The smallest absolute Gasteiger partial charge is 0.272 e. The van der Waals surface area contributed by atoms with Crippen molar-refractivity contribution in [1.82, 2.24) is 9.97 Å². The molecule has 0 bridgehead atoms. The molecule has 2 N–H and O–H groups in total. The molecule has 5 nitrogen and oxygen atoms in total. The van der Waals surface area contributed by atoms with Crippen LogP contribution in [0.2, 0.25) is 0 Å². The van der Waals surface area contributed by atoms with Gasteiger partial charge in [0.15, 0.2) is 5.49 Å². The molecule has 0 aliphatic carbocycles. The molecule has 1 amide bonds. The predicted octanol–water partition coefficient (Wildman–Crippen LogP) is -2.00. The topological polar surface area (TPSA) is 81.2 Å². The molecule has 0 radical (unpaired) electrons. The summed E-state index contributed by atoms with van der Waals surface area (Å²) in [5.41, 5.74) is 5.80. The Bertz CT molecular complexity index is 436. The number of aromatic nitrogens is 2. The summed E-state index contributed by atoms with van der Waals surface area (Å²) in [7, 11) is 0. The zero-order valence-corrected chi connectivity index (χ0v) is 5.48. The molecule has 1 aliphatic heterocycles. The molecule has 0 unspecified atom stereocenters. The van der Waals surface area contributed by atoms with Crippen molar-refractivity contribution < 1.29 is 4.79 Å². The van der Waals surface area contributed by atoms with Gasteiger partial charge in [-0.2, -0.15) is 4.99 Å². The van der Waals surface area contributed by atoms with Crippen molar-refractivity contribution in [3.8, 4) is 0 Å². The third-order valence-corrected chi connectivity index (χ3v) is 1.38. The van der Waals surface area contributed by atoms with Crippen molar-refractivity contribution >= 4 is 17.8 Å². The summed E-state index contributed by atoms with van der Waals surface area (Å²) in [5.74, 6) is -0.0307. The number of fused-ring (bicyclic) bond motifs is 1. The average molecular weight is 148 g/mol. The van der Waals surface area contributed by atoms with Crippen molar-refractivity contribution in [1.29, 1.82) is 0 Å². The molecule has 0 spiro atoms. The summed E-state index contributed by atoms with van der Waals surface area (Å²) in [5, 5.41) is 0.525. The maximum Gasteiger partial charge on any atom is 0.272 e. The fourth-order valence-electron chi connectivity index (χ4n) is 0.887. The van der Waals surface area contributed by atoms with Crippen molar-refractivity contribution in [3.05, 3.63) is 17.0 Å². The van der Waals surface area contributed by atoms with Gasteiger partial charge in [0.1, 0.15) is 12.1 Å². The van der Waals surface area contributed by atoms with Gasteiger partial charge in [-0.05, 0) is 0 Å². The molecule has 1 aromatic heterocycles. The third kappa shape index (κ3) is 0.778. The lowest BCUT2D eigenvalue weighted by molar-refractivity contribution is -0.112. The molecule has 11 heavy (non-hydrogen) atoms. The van der Waals surface area contributed by atoms with E-state index in [1.54, 1.807) is 0 Å². The lowest BCUT2D eigenvalue weighted by Gasteiger charge is -1.86. The Hall–Kier alpha value is -1.78. The first-order chi connectivity index (χ1) is 5.27. The molecule has 0 saturated carbocycles. The summed E-state index contributed by atoms with van der Waals surface area (Å²) in [6.45, 7) is 0. The van der Waals surface area contributed by atoms with E-state index in [1.165, 1.54) is 12.4 Å². The number of nitrogens with two attached hydrogens (primary N) is 1. The quantitative estimate of drug-likeness (QED) is 0.461. The highest BCUT2D eigenvalue weighted by Crippen LogP contribution is 1.84. The first-order valence-electron chi connectivity index (χ1n) is 2.98. The summed E-state index contributed by atoms with van der Waals surface area (Å²) < 4.78 is 0. The van der Waals surface area contributed by atoms with E-state index in [0.717, 1.165) is 0 Å². The third-order valence-electron chi connectivity index (χ3n) is 1.38. The fourth-order valence-corrected chi connectivity index (χ4v) is 0.887. The van der Waals surface area contributed by atoms with Crippen LogP contribution in [0.1, 0.15) is 0 Å². The molecule has 5 heteroatoms. The van der Waals surface area contributed by atoms with E-state index in [0.29, 0.717) is 16.5 Å². The largest absolute Gasteiger partial charge is 0.383 e. The summed E-state index contributed by atoms with van der Waals surface area (Å²) >= 11 is 0. The van der Waals surface area contributed by atoms with Gasteiger partial charge in [0.05, 0.1) is 5.22 Å². The van der Waals surface area contributed by atoms with Crippen LogP contribution in [-0.2, 0) is 4.79 Å². The average Bonchev–Trinajstić information content (AvgIpc) is 2.31. The van der Waals surface area contributed by atoms with Gasteiger partial charge in [-0.3, -0.25) is 4.79 Å². The van der Waals surface area contributed by atoms with E-state index in [4.69, 9.17) is 5.73 Å². The van der Waals surface area contributed by atoms with Crippen LogP contribution in [-0.4, -0.2) is 15.9 Å². The molecule has 1 aromatic rings. The Kier molecular flexibility index (Phi) is 1.00. The Morgan fingerprint density at radius 2 is 2.18 bits per heavy atom. The van der Waals surface area contributed by atoms with Gasteiger partial charge >= 0.3 is 0 Å². The number of hydrogen-bond donors (Lipinski definition) is 1. The molecular weight excluding hydrogens is 144 g/mol. The van der Waals surface area contributed by atoms with Crippen molar-refractivity contribution in [3.63, 3.8) is 0 Å². The molecule has 0 aromatic carbocycles. The second kappa shape index (κ2) is 1.85. The lowest BCUT2D eigenvalue weighted by atomic mass is 10.4. The van der Waals surface area contributed by atoms with Gasteiger partial charge in [-0.25, -0.2) is 9.97 Å². The number of nitrogen functional groups attached to an aromatic ring is 1. The van der Waals surface area contributed by atoms with Gasteiger partial charge in [-0.1, -0.05) is 0 Å². The van der Waals surface area contributed by atoms with Crippen molar-refractivity contribution in [2.75, 3.05) is 5.73 Å². The van der Waals surface area contributed by atoms with Gasteiger partial charge in [0.25, 0.3) is 5.91 Å². The van der Waals surface area contributed by atoms with E-state index in [9.17, 15) is 4.79 Å². The minimum atomic E-state index is -0.327. The Labute approximate surface area is 61.3 Å². The molecule has 0 atom stereocenters. The molecule has 1 aliphatic rings. The Morgan fingerprint density at radius 1 is 1.36 bits per heavy atom. The highest BCUT2D eigenvalue weighted by Gasteiger charge is 2.05. The van der Waals surface area contributed by atoms with Crippen LogP contribution in [0.15, 0.2) is 11.3 Å². The number of nitrogens with zero attached hydrogens (tertiary/aromatic N) is 3. The van der Waals surface area contributed by atoms with Gasteiger partial charge < -0.3 is 5.73 Å². The standard InChI is InChI=1S/C6H4N4O/c7-5-3-1-4(11)10-6(3)9-2-8-5/h1-2H,(H2,7,8,9,10,11).